The molecule has 0 amide bonds. The quantitative estimate of drug-likeness (QED) is 0.190. The number of guanidine groups is 1. The van der Waals surface area contributed by atoms with Crippen molar-refractivity contribution in [1.29, 1.82) is 0 Å². The largest absolute Gasteiger partial charge is 0.356 e. The van der Waals surface area contributed by atoms with Gasteiger partial charge in [0.15, 0.2) is 5.96 Å². The molecule has 1 N–H and O–H groups in total. The molecule has 0 atom stereocenters. The molecule has 0 aliphatic rings. The molecule has 2 heterocycles. The first-order valence-electron chi connectivity index (χ1n) is 8.18. The fraction of sp³-hybridized carbons (Fsp3) is 0.444. The molecule has 2 rings (SSSR count). The van der Waals surface area contributed by atoms with Gasteiger partial charge in [0.2, 0.25) is 0 Å². The first-order valence-corrected chi connectivity index (χ1v) is 9.87. The molecule has 0 aromatic carbocycles. The molecule has 0 fully saturated rings. The van der Waals surface area contributed by atoms with E-state index in [9.17, 15) is 0 Å². The fourth-order valence-electron chi connectivity index (χ4n) is 2.39. The lowest BCUT2D eigenvalue weighted by atomic mass is 10.3. The third-order valence-corrected chi connectivity index (χ3v) is 5.60. The van der Waals surface area contributed by atoms with Gasteiger partial charge < -0.3 is 10.2 Å². The molecule has 2 aromatic rings. The van der Waals surface area contributed by atoms with Crippen LogP contribution in [0, 0.1) is 6.92 Å². The Balaban J connectivity index is 0.00000312. The number of nitrogens with zero attached hydrogens (tertiary/aromatic N) is 3. The summed E-state index contributed by atoms with van der Waals surface area (Å²) in [7, 11) is 3.91. The predicted molar refractivity (Wildman–Crippen MR) is 123 cm³/mol. The summed E-state index contributed by atoms with van der Waals surface area (Å²) in [5.41, 5.74) is 1.10. The van der Waals surface area contributed by atoms with Crippen molar-refractivity contribution in [3.05, 3.63) is 40.1 Å². The Morgan fingerprint density at radius 3 is 2.88 bits per heavy atom. The van der Waals surface area contributed by atoms with Crippen LogP contribution >= 0.6 is 46.7 Å². The van der Waals surface area contributed by atoms with Crippen molar-refractivity contribution < 1.29 is 0 Å². The molecule has 4 nitrogen and oxygen atoms in total. The van der Waals surface area contributed by atoms with E-state index >= 15 is 0 Å². The van der Waals surface area contributed by atoms with Crippen LogP contribution in [0.1, 0.15) is 22.7 Å². The highest BCUT2D eigenvalue weighted by atomic mass is 127. The van der Waals surface area contributed by atoms with Gasteiger partial charge in [0.1, 0.15) is 0 Å². The number of hydrogen-bond acceptors (Lipinski definition) is 4. The number of thiazole rings is 1. The van der Waals surface area contributed by atoms with E-state index in [1.165, 1.54) is 9.75 Å². The standard InChI is InChI=1S/C18H26N4S2.HI/c1-5-6-7-12-22(4)18(19-3)20-11-10-15-8-9-17(24-15)16-13-23-14(2)21-16;/h5,8-9,13H,1,6-7,10-12H2,2-4H3,(H,19,20);1H. The summed E-state index contributed by atoms with van der Waals surface area (Å²) in [6.45, 7) is 7.68. The number of allylic oxidation sites excluding steroid dienone is 1. The normalized spacial score (nSPS) is 11.1. The van der Waals surface area contributed by atoms with Crippen molar-refractivity contribution in [2.75, 3.05) is 27.2 Å². The molecule has 0 saturated heterocycles. The maximum absolute atomic E-state index is 4.56. The molecule has 2 aromatic heterocycles. The van der Waals surface area contributed by atoms with E-state index in [4.69, 9.17) is 0 Å². The SMILES string of the molecule is C=CCCCN(C)C(=NC)NCCc1ccc(-c2csc(C)n2)s1.I. The van der Waals surface area contributed by atoms with Crippen LogP contribution in [0.5, 0.6) is 0 Å². The minimum Gasteiger partial charge on any atom is -0.356 e. The van der Waals surface area contributed by atoms with Crippen molar-refractivity contribution in [2.45, 2.75) is 26.2 Å². The number of thiophene rings is 1. The van der Waals surface area contributed by atoms with Crippen molar-refractivity contribution in [2.24, 2.45) is 4.99 Å². The molecule has 0 saturated carbocycles. The Labute approximate surface area is 176 Å². The van der Waals surface area contributed by atoms with Gasteiger partial charge in [-0.15, -0.1) is 53.2 Å². The van der Waals surface area contributed by atoms with E-state index in [-0.39, 0.29) is 24.0 Å². The second-order valence-corrected chi connectivity index (χ2v) is 7.82. The van der Waals surface area contributed by atoms with Crippen LogP contribution in [0.25, 0.3) is 10.6 Å². The van der Waals surface area contributed by atoms with Gasteiger partial charge in [-0.1, -0.05) is 6.08 Å². The third kappa shape index (κ3) is 7.07. The highest BCUT2D eigenvalue weighted by Gasteiger charge is 2.08. The number of nitrogens with one attached hydrogen (secondary N) is 1. The zero-order chi connectivity index (χ0) is 17.4. The number of rotatable bonds is 8. The second kappa shape index (κ2) is 11.6. The number of unbranched alkanes of at least 4 members (excludes halogenated alkanes) is 1. The number of aliphatic imine (C=N–C) groups is 1. The van der Waals surface area contributed by atoms with Crippen molar-refractivity contribution in [3.63, 3.8) is 0 Å². The first kappa shape index (κ1) is 22.1. The molecule has 0 bridgehead atoms. The van der Waals surface area contributed by atoms with Crippen LogP contribution in [0.4, 0.5) is 0 Å². The lowest BCUT2D eigenvalue weighted by molar-refractivity contribution is 0.470. The van der Waals surface area contributed by atoms with Gasteiger partial charge >= 0.3 is 0 Å². The maximum atomic E-state index is 4.56. The zero-order valence-corrected chi connectivity index (χ0v) is 19.1. The highest BCUT2D eigenvalue weighted by molar-refractivity contribution is 14.0. The van der Waals surface area contributed by atoms with Crippen LogP contribution in [0.3, 0.4) is 0 Å². The summed E-state index contributed by atoms with van der Waals surface area (Å²) in [5.74, 6) is 0.950. The lowest BCUT2D eigenvalue weighted by Crippen LogP contribution is -2.40. The van der Waals surface area contributed by atoms with E-state index in [1.807, 2.05) is 31.4 Å². The second-order valence-electron chi connectivity index (χ2n) is 5.59. The summed E-state index contributed by atoms with van der Waals surface area (Å²) in [6.07, 6.45) is 5.09. The van der Waals surface area contributed by atoms with Crippen LogP contribution in [-0.2, 0) is 6.42 Å². The predicted octanol–water partition coefficient (Wildman–Crippen LogP) is 4.81. The highest BCUT2D eigenvalue weighted by Crippen LogP contribution is 2.29. The van der Waals surface area contributed by atoms with E-state index in [2.05, 4.69) is 51.3 Å². The average Bonchev–Trinajstić information content (AvgIpc) is 3.20. The minimum absolute atomic E-state index is 0. The third-order valence-electron chi connectivity index (χ3n) is 3.66. The van der Waals surface area contributed by atoms with Crippen LogP contribution in [0.15, 0.2) is 35.2 Å². The fourth-order valence-corrected chi connectivity index (χ4v) is 4.04. The Bertz CT molecular complexity index is 678. The van der Waals surface area contributed by atoms with Gasteiger partial charge in [-0.3, -0.25) is 4.99 Å². The average molecular weight is 490 g/mol. The molecule has 0 aliphatic carbocycles. The lowest BCUT2D eigenvalue weighted by Gasteiger charge is -2.21. The Hall–Kier alpha value is -0.930. The van der Waals surface area contributed by atoms with Crippen LogP contribution in [-0.4, -0.2) is 43.0 Å². The molecular weight excluding hydrogens is 463 g/mol. The van der Waals surface area contributed by atoms with Crippen molar-refractivity contribution in [1.82, 2.24) is 15.2 Å². The molecule has 0 aliphatic heterocycles. The van der Waals surface area contributed by atoms with E-state index in [0.717, 1.165) is 49.0 Å². The smallest absolute Gasteiger partial charge is 0.193 e. The summed E-state index contributed by atoms with van der Waals surface area (Å²) >= 11 is 3.52. The van der Waals surface area contributed by atoms with Gasteiger partial charge in [-0.2, -0.15) is 0 Å². The first-order chi connectivity index (χ1) is 11.6. The molecule has 0 spiro atoms. The Kier molecular flexibility index (Phi) is 10.3. The summed E-state index contributed by atoms with van der Waals surface area (Å²) in [6, 6.07) is 4.37. The Morgan fingerprint density at radius 2 is 2.24 bits per heavy atom. The van der Waals surface area contributed by atoms with E-state index < -0.39 is 0 Å². The molecule has 0 radical (unpaired) electrons. The number of aryl methyl sites for hydroxylation is 1. The molecule has 138 valence electrons. The van der Waals surface area contributed by atoms with Crippen molar-refractivity contribution >= 4 is 52.6 Å². The molecule has 7 heteroatoms. The molecule has 25 heavy (non-hydrogen) atoms. The minimum atomic E-state index is 0. The summed E-state index contributed by atoms with van der Waals surface area (Å²) < 4.78 is 0. The molecule has 0 unspecified atom stereocenters. The van der Waals surface area contributed by atoms with E-state index in [0.29, 0.717) is 0 Å². The summed E-state index contributed by atoms with van der Waals surface area (Å²) in [4.78, 5) is 13.7. The number of halogens is 1. The van der Waals surface area contributed by atoms with Gasteiger partial charge in [-0.25, -0.2) is 4.98 Å². The summed E-state index contributed by atoms with van der Waals surface area (Å²) in [5, 5.41) is 6.68. The van der Waals surface area contributed by atoms with Gasteiger partial charge in [0, 0.05) is 37.4 Å². The zero-order valence-electron chi connectivity index (χ0n) is 15.1. The number of hydrogen-bond donors (Lipinski definition) is 1. The molecular formula is C18H27IN4S2. The monoisotopic (exact) mass is 490 g/mol. The van der Waals surface area contributed by atoms with Gasteiger partial charge in [0.05, 0.1) is 15.6 Å². The van der Waals surface area contributed by atoms with Crippen molar-refractivity contribution in [3.8, 4) is 10.6 Å². The topological polar surface area (TPSA) is 40.5 Å². The van der Waals surface area contributed by atoms with Gasteiger partial charge in [-0.05, 0) is 38.3 Å². The van der Waals surface area contributed by atoms with Crippen LogP contribution in [0.2, 0.25) is 0 Å². The van der Waals surface area contributed by atoms with Gasteiger partial charge in [0.25, 0.3) is 0 Å². The maximum Gasteiger partial charge on any atom is 0.193 e. The van der Waals surface area contributed by atoms with Crippen LogP contribution < -0.4 is 5.32 Å². The van der Waals surface area contributed by atoms with E-state index in [1.54, 1.807) is 11.3 Å². The Morgan fingerprint density at radius 1 is 1.44 bits per heavy atom. The number of aromatic nitrogens is 1.